The Balaban J connectivity index is 2.04. The molecule has 0 aliphatic carbocycles. The number of pyridine rings is 1. The molecule has 1 aliphatic rings. The third kappa shape index (κ3) is 2.13. The van der Waals surface area contributed by atoms with Crippen LogP contribution in [0.2, 0.25) is 10.2 Å². The van der Waals surface area contributed by atoms with Crippen molar-refractivity contribution in [2.45, 2.75) is 38.9 Å². The fourth-order valence-corrected chi connectivity index (χ4v) is 2.59. The minimum atomic E-state index is -0.538. The minimum absolute atomic E-state index is 0.409. The zero-order valence-corrected chi connectivity index (χ0v) is 13.3. The Morgan fingerprint density at radius 3 is 2.30 bits per heavy atom. The fraction of sp³-hybridized carbons (Fsp3) is 0.462. The topological polar surface area (TPSA) is 47.1 Å². The van der Waals surface area contributed by atoms with Crippen molar-refractivity contribution < 1.29 is 9.31 Å². The highest BCUT2D eigenvalue weighted by Crippen LogP contribution is 2.36. The van der Waals surface area contributed by atoms with Crippen molar-refractivity contribution in [3.05, 3.63) is 22.3 Å². The maximum atomic E-state index is 6.27. The number of hydrogen-bond acceptors (Lipinski definition) is 3. The van der Waals surface area contributed by atoms with Gasteiger partial charge in [0.2, 0.25) is 0 Å². The van der Waals surface area contributed by atoms with Gasteiger partial charge in [-0.3, -0.25) is 0 Å². The lowest BCUT2D eigenvalue weighted by Crippen LogP contribution is -2.41. The predicted octanol–water partition coefficient (Wildman–Crippen LogP) is 3.17. The molecule has 7 heteroatoms. The molecular weight excluding hydrogens is 298 g/mol. The normalized spacial score (nSPS) is 20.8. The highest BCUT2D eigenvalue weighted by atomic mass is 35.5. The zero-order valence-electron chi connectivity index (χ0n) is 11.8. The molecule has 0 aromatic carbocycles. The van der Waals surface area contributed by atoms with E-state index in [1.165, 1.54) is 0 Å². The van der Waals surface area contributed by atoms with Gasteiger partial charge in [0.05, 0.1) is 21.8 Å². The van der Waals surface area contributed by atoms with Crippen LogP contribution in [0.5, 0.6) is 0 Å². The summed E-state index contributed by atoms with van der Waals surface area (Å²) in [6.45, 7) is 7.99. The van der Waals surface area contributed by atoms with Crippen LogP contribution in [0.1, 0.15) is 27.7 Å². The second kappa shape index (κ2) is 4.37. The Hall–Kier alpha value is -0.745. The molecule has 2 aromatic rings. The van der Waals surface area contributed by atoms with E-state index in [9.17, 15) is 0 Å². The lowest BCUT2D eigenvalue weighted by Gasteiger charge is -2.32. The molecule has 0 bridgehead atoms. The van der Waals surface area contributed by atoms with Crippen LogP contribution in [0.4, 0.5) is 0 Å². The monoisotopic (exact) mass is 312 g/mol. The Morgan fingerprint density at radius 2 is 1.70 bits per heavy atom. The summed E-state index contributed by atoms with van der Waals surface area (Å²) >= 11 is 12.2. The van der Waals surface area contributed by atoms with E-state index in [1.807, 2.05) is 27.7 Å². The molecule has 1 aliphatic heterocycles. The number of aromatic amines is 1. The average molecular weight is 313 g/mol. The first kappa shape index (κ1) is 14.2. The van der Waals surface area contributed by atoms with E-state index in [2.05, 4.69) is 9.97 Å². The van der Waals surface area contributed by atoms with Crippen LogP contribution in [0.25, 0.3) is 11.0 Å². The van der Waals surface area contributed by atoms with Gasteiger partial charge in [0.1, 0.15) is 10.8 Å². The largest absolute Gasteiger partial charge is 0.514 e. The first-order valence-electron chi connectivity index (χ1n) is 6.40. The molecule has 0 unspecified atom stereocenters. The van der Waals surface area contributed by atoms with Crippen molar-refractivity contribution in [2.75, 3.05) is 0 Å². The molecule has 3 heterocycles. The quantitative estimate of drug-likeness (QED) is 0.823. The maximum absolute atomic E-state index is 6.27. The van der Waals surface area contributed by atoms with Gasteiger partial charge in [0, 0.05) is 5.39 Å². The van der Waals surface area contributed by atoms with Crippen molar-refractivity contribution in [2.24, 2.45) is 0 Å². The first-order chi connectivity index (χ1) is 9.19. The van der Waals surface area contributed by atoms with Gasteiger partial charge in [-0.05, 0) is 39.8 Å². The van der Waals surface area contributed by atoms with Gasteiger partial charge in [0.15, 0.2) is 0 Å². The summed E-state index contributed by atoms with van der Waals surface area (Å²) in [5.41, 5.74) is 0.453. The number of nitrogens with zero attached hydrogens (tertiary/aromatic N) is 1. The van der Waals surface area contributed by atoms with Crippen molar-refractivity contribution in [1.29, 1.82) is 0 Å². The number of aromatic nitrogens is 2. The van der Waals surface area contributed by atoms with E-state index in [4.69, 9.17) is 32.5 Å². The first-order valence-corrected chi connectivity index (χ1v) is 7.15. The van der Waals surface area contributed by atoms with Crippen LogP contribution in [0, 0.1) is 0 Å². The summed E-state index contributed by atoms with van der Waals surface area (Å²) in [6.07, 6.45) is 0. The zero-order chi connectivity index (χ0) is 14.7. The second-order valence-electron chi connectivity index (χ2n) is 6.00. The highest BCUT2D eigenvalue weighted by Gasteiger charge is 2.52. The molecular formula is C13H15BCl2N2O2. The van der Waals surface area contributed by atoms with E-state index in [0.29, 0.717) is 21.4 Å². The number of rotatable bonds is 1. The van der Waals surface area contributed by atoms with Crippen LogP contribution < -0.4 is 5.59 Å². The molecule has 0 atom stereocenters. The summed E-state index contributed by atoms with van der Waals surface area (Å²) in [7, 11) is -0.538. The number of hydrogen-bond donors (Lipinski definition) is 1. The van der Waals surface area contributed by atoms with E-state index in [1.54, 1.807) is 12.1 Å². The van der Waals surface area contributed by atoms with Crippen LogP contribution in [0.3, 0.4) is 0 Å². The van der Waals surface area contributed by atoms with Crippen molar-refractivity contribution in [3.8, 4) is 0 Å². The Morgan fingerprint density at radius 1 is 1.10 bits per heavy atom. The Labute approximate surface area is 127 Å². The molecule has 2 aromatic heterocycles. The predicted molar refractivity (Wildman–Crippen MR) is 81.8 cm³/mol. The van der Waals surface area contributed by atoms with Crippen LogP contribution in [-0.4, -0.2) is 28.3 Å². The molecule has 1 fully saturated rings. The van der Waals surface area contributed by atoms with Gasteiger partial charge in [-0.2, -0.15) is 0 Å². The van der Waals surface area contributed by atoms with Crippen LogP contribution in [0.15, 0.2) is 12.1 Å². The molecule has 0 radical (unpaired) electrons. The smallest absolute Gasteiger partial charge is 0.398 e. The third-order valence-corrected chi connectivity index (χ3v) is 4.55. The van der Waals surface area contributed by atoms with E-state index in [-0.39, 0.29) is 0 Å². The Bertz CT molecular complexity index is 668. The van der Waals surface area contributed by atoms with Crippen molar-refractivity contribution in [1.82, 2.24) is 9.97 Å². The van der Waals surface area contributed by atoms with Gasteiger partial charge in [-0.25, -0.2) is 4.98 Å². The SMILES string of the molecule is CC1(C)OB(c2cc(Cl)c3cc(Cl)[nH]c3n2)OC1(C)C. The van der Waals surface area contributed by atoms with Crippen LogP contribution in [-0.2, 0) is 9.31 Å². The maximum Gasteiger partial charge on any atom is 0.514 e. The molecule has 106 valence electrons. The lowest BCUT2D eigenvalue weighted by atomic mass is 9.84. The molecule has 1 saturated heterocycles. The van der Waals surface area contributed by atoms with E-state index < -0.39 is 18.3 Å². The van der Waals surface area contributed by atoms with Crippen LogP contribution >= 0.6 is 23.2 Å². The molecule has 1 N–H and O–H groups in total. The molecule has 0 saturated carbocycles. The lowest BCUT2D eigenvalue weighted by molar-refractivity contribution is 0.00578. The fourth-order valence-electron chi connectivity index (χ4n) is 2.14. The molecule has 0 spiro atoms. The number of fused-ring (bicyclic) bond motifs is 1. The summed E-state index contributed by atoms with van der Waals surface area (Å²) < 4.78 is 11.9. The number of H-pyrrole nitrogens is 1. The number of halogens is 2. The molecule has 3 rings (SSSR count). The molecule has 0 amide bonds. The van der Waals surface area contributed by atoms with Crippen molar-refractivity contribution >= 4 is 46.9 Å². The highest BCUT2D eigenvalue weighted by molar-refractivity contribution is 6.61. The minimum Gasteiger partial charge on any atom is -0.398 e. The number of nitrogens with one attached hydrogen (secondary N) is 1. The summed E-state index contributed by atoms with van der Waals surface area (Å²) in [4.78, 5) is 7.46. The van der Waals surface area contributed by atoms with Gasteiger partial charge in [-0.15, -0.1) is 0 Å². The van der Waals surface area contributed by atoms with Gasteiger partial charge < -0.3 is 14.3 Å². The standard InChI is InChI=1S/C13H15BCl2N2O2/c1-12(2)13(3,4)20-14(19-12)9-6-8(15)7-5-10(16)18-11(7)17-9/h5-6H,1-4H3,(H,17,18). The average Bonchev–Trinajstić information content (AvgIpc) is 2.77. The van der Waals surface area contributed by atoms with Gasteiger partial charge in [-0.1, -0.05) is 23.2 Å². The van der Waals surface area contributed by atoms with Crippen molar-refractivity contribution in [3.63, 3.8) is 0 Å². The van der Waals surface area contributed by atoms with E-state index in [0.717, 1.165) is 5.39 Å². The summed E-state index contributed by atoms with van der Waals surface area (Å²) in [5.74, 6) is 0. The second-order valence-corrected chi connectivity index (χ2v) is 6.81. The molecule has 20 heavy (non-hydrogen) atoms. The summed E-state index contributed by atoms with van der Waals surface area (Å²) in [5, 5.41) is 1.86. The van der Waals surface area contributed by atoms with Gasteiger partial charge >= 0.3 is 7.12 Å². The Kier molecular flexibility index (Phi) is 3.11. The molecule has 4 nitrogen and oxygen atoms in total. The third-order valence-electron chi connectivity index (χ3n) is 4.03. The van der Waals surface area contributed by atoms with E-state index >= 15 is 0 Å². The summed E-state index contributed by atoms with van der Waals surface area (Å²) in [6, 6.07) is 3.51. The van der Waals surface area contributed by atoms with Gasteiger partial charge in [0.25, 0.3) is 0 Å².